The van der Waals surface area contributed by atoms with E-state index in [1.54, 1.807) is 0 Å². The maximum absolute atomic E-state index is 12.6. The Bertz CT molecular complexity index is 1110. The van der Waals surface area contributed by atoms with Crippen LogP contribution in [0.5, 0.6) is 11.5 Å². The molecule has 6 heteroatoms. The predicted octanol–water partition coefficient (Wildman–Crippen LogP) is 9.29. The van der Waals surface area contributed by atoms with Crippen molar-refractivity contribution < 1.29 is 29.3 Å². The van der Waals surface area contributed by atoms with Crippen LogP contribution in [0.4, 0.5) is 0 Å². The Labute approximate surface area is 272 Å². The monoisotopic (exact) mass is 624 g/mol. The highest BCUT2D eigenvalue weighted by atomic mass is 16.5. The highest BCUT2D eigenvalue weighted by molar-refractivity contribution is 5.70. The molecular formula is C39H60O6. The molecule has 6 nitrogen and oxygen atoms in total. The maximum atomic E-state index is 12.6. The number of aromatic hydroxyl groups is 2. The van der Waals surface area contributed by atoms with E-state index in [1.165, 1.54) is 0 Å². The van der Waals surface area contributed by atoms with Crippen molar-refractivity contribution in [2.75, 3.05) is 6.61 Å². The zero-order valence-electron chi connectivity index (χ0n) is 28.8. The third kappa shape index (κ3) is 14.3. The van der Waals surface area contributed by atoms with Crippen molar-refractivity contribution in [2.45, 2.75) is 156 Å². The number of hydrogen-bond acceptors (Lipinski definition) is 6. The van der Waals surface area contributed by atoms with Gasteiger partial charge in [0, 0.05) is 12.8 Å². The molecule has 0 radical (unpaired) electrons. The van der Waals surface area contributed by atoms with Crippen molar-refractivity contribution in [1.29, 1.82) is 0 Å². The molecule has 0 aliphatic rings. The summed E-state index contributed by atoms with van der Waals surface area (Å²) in [6, 6.07) is 8.18. The Morgan fingerprint density at radius 2 is 0.978 bits per heavy atom. The zero-order valence-corrected chi connectivity index (χ0v) is 28.8. The summed E-state index contributed by atoms with van der Waals surface area (Å²) in [5.74, 6) is 0.379. The lowest BCUT2D eigenvalue weighted by atomic mass is 9.95. The number of phenolic OH excluding ortho intramolecular Hbond substituents is 2. The van der Waals surface area contributed by atoms with Crippen molar-refractivity contribution in [3.8, 4) is 11.5 Å². The second-order valence-electron chi connectivity index (χ2n) is 12.6. The van der Waals surface area contributed by atoms with E-state index in [2.05, 4.69) is 27.7 Å². The minimum absolute atomic E-state index is 0.233. The van der Waals surface area contributed by atoms with Crippen molar-refractivity contribution in [3.05, 3.63) is 57.6 Å². The summed E-state index contributed by atoms with van der Waals surface area (Å²) in [7, 11) is 0. The lowest BCUT2D eigenvalue weighted by Gasteiger charge is -2.15. The van der Waals surface area contributed by atoms with Crippen molar-refractivity contribution in [2.24, 2.45) is 0 Å². The molecule has 2 N–H and O–H groups in total. The highest BCUT2D eigenvalue weighted by Crippen LogP contribution is 2.30. The zero-order chi connectivity index (χ0) is 33.0. The molecule has 0 aliphatic heterocycles. The molecule has 2 rings (SSSR count). The fraction of sp³-hybridized carbons (Fsp3) is 0.641. The molecule has 2 aromatic carbocycles. The van der Waals surface area contributed by atoms with Gasteiger partial charge in [0.15, 0.2) is 0 Å². The average molecular weight is 625 g/mol. The van der Waals surface area contributed by atoms with Gasteiger partial charge >= 0.3 is 11.9 Å². The van der Waals surface area contributed by atoms with E-state index in [1.807, 2.05) is 31.2 Å². The van der Waals surface area contributed by atoms with E-state index in [0.717, 1.165) is 110 Å². The van der Waals surface area contributed by atoms with Crippen LogP contribution in [0.1, 0.15) is 145 Å². The summed E-state index contributed by atoms with van der Waals surface area (Å²) >= 11 is 0. The minimum Gasteiger partial charge on any atom is -0.507 e. The molecule has 252 valence electrons. The molecule has 0 amide bonds. The highest BCUT2D eigenvalue weighted by Gasteiger charge is 2.15. The van der Waals surface area contributed by atoms with Gasteiger partial charge in [-0.25, -0.2) is 0 Å². The van der Waals surface area contributed by atoms with Crippen molar-refractivity contribution in [3.63, 3.8) is 0 Å². The summed E-state index contributed by atoms with van der Waals surface area (Å²) in [4.78, 5) is 25.0. The largest absolute Gasteiger partial charge is 0.507 e. The lowest BCUT2D eigenvalue weighted by Crippen LogP contribution is -2.16. The number of unbranched alkanes of at least 4 members (excludes halogenated alkanes) is 4. The van der Waals surface area contributed by atoms with E-state index >= 15 is 0 Å². The summed E-state index contributed by atoms with van der Waals surface area (Å²) in [6.45, 7) is 10.8. The summed E-state index contributed by atoms with van der Waals surface area (Å²) < 4.78 is 11.1. The first-order valence-electron chi connectivity index (χ1n) is 17.7. The van der Waals surface area contributed by atoms with Gasteiger partial charge in [-0.1, -0.05) is 77.6 Å². The molecule has 0 fully saturated rings. The molecule has 1 unspecified atom stereocenters. The molecule has 0 aliphatic carbocycles. The van der Waals surface area contributed by atoms with Gasteiger partial charge in [0.05, 0.1) is 12.7 Å². The molecular weight excluding hydrogens is 564 g/mol. The van der Waals surface area contributed by atoms with Gasteiger partial charge in [0.2, 0.25) is 0 Å². The van der Waals surface area contributed by atoms with E-state index < -0.39 is 0 Å². The SMILES string of the molecule is CCCCc1cc(CCC(=O)OCCCC(C)OC(=O)CCc2cc(CCCC)c(O)c(CCCC)c2)cc(CCCC)c1O. The molecule has 0 saturated carbocycles. The first-order valence-corrected chi connectivity index (χ1v) is 17.7. The first-order chi connectivity index (χ1) is 21.7. The quantitative estimate of drug-likeness (QED) is 0.0945. The number of carbonyl (C=O) groups excluding carboxylic acids is 2. The normalized spacial score (nSPS) is 11.8. The van der Waals surface area contributed by atoms with E-state index in [9.17, 15) is 19.8 Å². The number of hydrogen-bond donors (Lipinski definition) is 2. The van der Waals surface area contributed by atoms with Gasteiger partial charge in [-0.2, -0.15) is 0 Å². The van der Waals surface area contributed by atoms with Gasteiger partial charge in [0.25, 0.3) is 0 Å². The van der Waals surface area contributed by atoms with E-state index in [4.69, 9.17) is 9.47 Å². The Kier molecular flexibility index (Phi) is 18.4. The topological polar surface area (TPSA) is 93.1 Å². The third-order valence-electron chi connectivity index (χ3n) is 8.44. The van der Waals surface area contributed by atoms with E-state index in [0.29, 0.717) is 56.6 Å². The lowest BCUT2D eigenvalue weighted by molar-refractivity contribution is -0.149. The summed E-state index contributed by atoms with van der Waals surface area (Å²) in [5.41, 5.74) is 6.07. The number of phenols is 2. The van der Waals surface area contributed by atoms with Crippen LogP contribution in [0.25, 0.3) is 0 Å². The number of aryl methyl sites for hydroxylation is 6. The molecule has 45 heavy (non-hydrogen) atoms. The van der Waals surface area contributed by atoms with Crippen LogP contribution < -0.4 is 0 Å². The molecule has 0 heterocycles. The fourth-order valence-corrected chi connectivity index (χ4v) is 5.65. The number of ether oxygens (including phenoxy) is 2. The molecule has 1 atom stereocenters. The molecule has 0 bridgehead atoms. The van der Waals surface area contributed by atoms with Gasteiger partial charge in [0.1, 0.15) is 11.5 Å². The molecule has 0 saturated heterocycles. The molecule has 2 aromatic rings. The van der Waals surface area contributed by atoms with Gasteiger partial charge < -0.3 is 19.7 Å². The fourth-order valence-electron chi connectivity index (χ4n) is 5.65. The van der Waals surface area contributed by atoms with Crippen LogP contribution in [0.15, 0.2) is 24.3 Å². The summed E-state index contributed by atoms with van der Waals surface area (Å²) in [6.07, 6.45) is 14.5. The average Bonchev–Trinajstić information content (AvgIpc) is 3.03. The second kappa shape index (κ2) is 21.7. The second-order valence-corrected chi connectivity index (χ2v) is 12.6. The third-order valence-corrected chi connectivity index (χ3v) is 8.44. The summed E-state index contributed by atoms with van der Waals surface area (Å²) in [5, 5.41) is 21.4. The van der Waals surface area contributed by atoms with Gasteiger partial charge in [-0.05, 0) is 117 Å². The Morgan fingerprint density at radius 3 is 1.36 bits per heavy atom. The standard InChI is InChI=1S/C39H60O6/c1-6-10-16-32-25-30(26-33(38(32)42)17-11-7-2)20-22-36(40)44-24-14-15-29(5)45-37(41)23-21-31-27-34(18-12-8-3)39(43)35(28-31)19-13-9-4/h25-29,42-43H,6-24H2,1-5H3. The van der Waals surface area contributed by atoms with Crippen LogP contribution >= 0.6 is 0 Å². The van der Waals surface area contributed by atoms with Crippen LogP contribution in [0.3, 0.4) is 0 Å². The van der Waals surface area contributed by atoms with Crippen LogP contribution in [-0.2, 0) is 57.6 Å². The molecule has 0 aromatic heterocycles. The number of benzene rings is 2. The van der Waals surface area contributed by atoms with Gasteiger partial charge in [-0.15, -0.1) is 0 Å². The predicted molar refractivity (Wildman–Crippen MR) is 183 cm³/mol. The Balaban J connectivity index is 1.76. The number of rotatable bonds is 23. The van der Waals surface area contributed by atoms with Crippen LogP contribution in [0, 0.1) is 0 Å². The Morgan fingerprint density at radius 1 is 0.600 bits per heavy atom. The van der Waals surface area contributed by atoms with Crippen molar-refractivity contribution in [1.82, 2.24) is 0 Å². The van der Waals surface area contributed by atoms with Crippen LogP contribution in [-0.4, -0.2) is 34.9 Å². The number of esters is 2. The maximum Gasteiger partial charge on any atom is 0.306 e. The molecule has 0 spiro atoms. The number of carbonyl (C=O) groups is 2. The van der Waals surface area contributed by atoms with Gasteiger partial charge in [-0.3, -0.25) is 9.59 Å². The Hall–Kier alpha value is -3.02. The van der Waals surface area contributed by atoms with Crippen molar-refractivity contribution >= 4 is 11.9 Å². The smallest absolute Gasteiger partial charge is 0.306 e. The first kappa shape index (κ1) is 38.2. The van der Waals surface area contributed by atoms with Crippen LogP contribution in [0.2, 0.25) is 0 Å². The minimum atomic E-state index is -0.253. The van der Waals surface area contributed by atoms with E-state index in [-0.39, 0.29) is 18.0 Å².